The minimum atomic E-state index is -0.409. The van der Waals surface area contributed by atoms with Crippen molar-refractivity contribution in [1.82, 2.24) is 0 Å². The van der Waals surface area contributed by atoms with E-state index in [9.17, 15) is 4.39 Å². The quantitative estimate of drug-likeness (QED) is 0.901. The van der Waals surface area contributed by atoms with Gasteiger partial charge in [0, 0.05) is 11.8 Å². The summed E-state index contributed by atoms with van der Waals surface area (Å²) < 4.78 is 23.3. The van der Waals surface area contributed by atoms with Gasteiger partial charge in [0.2, 0.25) is 5.76 Å². The van der Waals surface area contributed by atoms with Crippen LogP contribution in [0.15, 0.2) is 34.7 Å². The average Bonchev–Trinajstić information content (AvgIpc) is 2.86. The van der Waals surface area contributed by atoms with Crippen LogP contribution in [0.3, 0.4) is 0 Å². The molecule has 0 saturated heterocycles. The van der Waals surface area contributed by atoms with Crippen molar-refractivity contribution in [1.29, 1.82) is 5.26 Å². The molecule has 0 fully saturated rings. The van der Waals surface area contributed by atoms with Crippen LogP contribution in [-0.2, 0) is 6.54 Å². The number of hydrogen-bond donors (Lipinski definition) is 1. The van der Waals surface area contributed by atoms with E-state index in [2.05, 4.69) is 5.32 Å². The number of nitriles is 1. The number of rotatable bonds is 4. The van der Waals surface area contributed by atoms with Crippen LogP contribution in [0.4, 0.5) is 10.1 Å². The normalized spacial score (nSPS) is 9.83. The Bertz CT molecular complexity index is 587. The minimum Gasteiger partial charge on any atom is -0.494 e. The van der Waals surface area contributed by atoms with E-state index in [1.807, 2.05) is 6.07 Å². The van der Waals surface area contributed by atoms with Crippen LogP contribution in [0.5, 0.6) is 5.75 Å². The summed E-state index contributed by atoms with van der Waals surface area (Å²) in [5, 5.41) is 11.7. The number of furan rings is 1. The van der Waals surface area contributed by atoms with E-state index in [0.29, 0.717) is 18.0 Å². The summed E-state index contributed by atoms with van der Waals surface area (Å²) in [5.41, 5.74) is 0.711. The van der Waals surface area contributed by atoms with Gasteiger partial charge in [0.15, 0.2) is 11.6 Å². The van der Waals surface area contributed by atoms with Gasteiger partial charge in [-0.3, -0.25) is 0 Å². The molecule has 92 valence electrons. The Hall–Kier alpha value is -2.48. The Morgan fingerprint density at radius 1 is 1.39 bits per heavy atom. The molecule has 0 unspecified atom stereocenters. The highest BCUT2D eigenvalue weighted by Gasteiger charge is 2.04. The second-order valence-electron chi connectivity index (χ2n) is 3.58. The topological polar surface area (TPSA) is 58.2 Å². The van der Waals surface area contributed by atoms with E-state index in [0.717, 1.165) is 0 Å². The highest BCUT2D eigenvalue weighted by Crippen LogP contribution is 2.22. The molecule has 0 aliphatic rings. The predicted octanol–water partition coefficient (Wildman–Crippen LogP) is 2.91. The maximum absolute atomic E-state index is 13.2. The molecular formula is C13H11FN2O2. The fourth-order valence-electron chi connectivity index (χ4n) is 1.49. The van der Waals surface area contributed by atoms with E-state index >= 15 is 0 Å². The SMILES string of the molecule is COc1cc(NCc2ccc(C#N)o2)ccc1F. The molecule has 0 bridgehead atoms. The smallest absolute Gasteiger partial charge is 0.203 e. The first-order valence-electron chi connectivity index (χ1n) is 5.29. The van der Waals surface area contributed by atoms with Crippen molar-refractivity contribution in [3.63, 3.8) is 0 Å². The molecule has 1 aromatic carbocycles. The van der Waals surface area contributed by atoms with E-state index in [1.165, 1.54) is 13.2 Å². The number of hydrogen-bond acceptors (Lipinski definition) is 4. The molecule has 1 aromatic heterocycles. The largest absolute Gasteiger partial charge is 0.494 e. The zero-order valence-electron chi connectivity index (χ0n) is 9.74. The van der Waals surface area contributed by atoms with Crippen molar-refractivity contribution in [3.8, 4) is 11.8 Å². The first kappa shape index (κ1) is 12.0. The number of halogens is 1. The van der Waals surface area contributed by atoms with Crippen molar-refractivity contribution in [2.45, 2.75) is 6.54 Å². The third-order valence-corrected chi connectivity index (χ3v) is 2.39. The first-order chi connectivity index (χ1) is 8.72. The summed E-state index contributed by atoms with van der Waals surface area (Å²) in [7, 11) is 1.41. The van der Waals surface area contributed by atoms with Crippen molar-refractivity contribution in [3.05, 3.63) is 47.7 Å². The Balaban J connectivity index is 2.04. The molecular weight excluding hydrogens is 235 g/mol. The van der Waals surface area contributed by atoms with Gasteiger partial charge in [0.25, 0.3) is 0 Å². The van der Waals surface area contributed by atoms with E-state index in [4.69, 9.17) is 14.4 Å². The van der Waals surface area contributed by atoms with Gasteiger partial charge in [0.1, 0.15) is 11.8 Å². The number of ether oxygens (including phenoxy) is 1. The second kappa shape index (κ2) is 5.23. The van der Waals surface area contributed by atoms with Crippen LogP contribution in [0.25, 0.3) is 0 Å². The van der Waals surface area contributed by atoms with Gasteiger partial charge in [-0.2, -0.15) is 5.26 Å². The summed E-state index contributed by atoms with van der Waals surface area (Å²) in [6.07, 6.45) is 0. The minimum absolute atomic E-state index is 0.178. The van der Waals surface area contributed by atoms with Crippen molar-refractivity contribution < 1.29 is 13.5 Å². The van der Waals surface area contributed by atoms with E-state index < -0.39 is 5.82 Å². The lowest BCUT2D eigenvalue weighted by Gasteiger charge is -2.07. The van der Waals surface area contributed by atoms with E-state index in [1.54, 1.807) is 24.3 Å². The van der Waals surface area contributed by atoms with Gasteiger partial charge in [-0.25, -0.2) is 4.39 Å². The molecule has 1 heterocycles. The molecule has 0 amide bonds. The predicted molar refractivity (Wildman–Crippen MR) is 63.7 cm³/mol. The van der Waals surface area contributed by atoms with E-state index in [-0.39, 0.29) is 11.5 Å². The molecule has 5 heteroatoms. The highest BCUT2D eigenvalue weighted by atomic mass is 19.1. The van der Waals surface area contributed by atoms with Crippen LogP contribution in [0.2, 0.25) is 0 Å². The standard InChI is InChI=1S/C13H11FN2O2/c1-17-13-6-9(2-5-12(13)14)16-8-11-4-3-10(7-15)18-11/h2-6,16H,8H2,1H3. The summed E-state index contributed by atoms with van der Waals surface area (Å²) in [5.74, 6) is 0.670. The second-order valence-corrected chi connectivity index (χ2v) is 3.58. The zero-order chi connectivity index (χ0) is 13.0. The highest BCUT2D eigenvalue weighted by molar-refractivity contribution is 5.48. The summed E-state index contributed by atoms with van der Waals surface area (Å²) in [4.78, 5) is 0. The maximum Gasteiger partial charge on any atom is 0.203 e. The molecule has 0 saturated carbocycles. The molecule has 1 N–H and O–H groups in total. The van der Waals surface area contributed by atoms with Crippen molar-refractivity contribution >= 4 is 5.69 Å². The Kier molecular flexibility index (Phi) is 3.49. The number of benzene rings is 1. The molecule has 0 radical (unpaired) electrons. The molecule has 4 nitrogen and oxygen atoms in total. The van der Waals surface area contributed by atoms with Crippen LogP contribution in [0.1, 0.15) is 11.5 Å². The zero-order valence-corrected chi connectivity index (χ0v) is 9.74. The fraction of sp³-hybridized carbons (Fsp3) is 0.154. The van der Waals surface area contributed by atoms with Gasteiger partial charge in [0.05, 0.1) is 13.7 Å². The number of anilines is 1. The van der Waals surface area contributed by atoms with Crippen LogP contribution >= 0.6 is 0 Å². The Labute approximate surface area is 104 Å². The number of nitrogens with zero attached hydrogens (tertiary/aromatic N) is 1. The number of methoxy groups -OCH3 is 1. The summed E-state index contributed by atoms with van der Waals surface area (Å²) in [6, 6.07) is 9.71. The Morgan fingerprint density at radius 3 is 2.89 bits per heavy atom. The molecule has 18 heavy (non-hydrogen) atoms. The maximum atomic E-state index is 13.2. The monoisotopic (exact) mass is 246 g/mol. The lowest BCUT2D eigenvalue weighted by Crippen LogP contribution is -1.99. The number of nitrogens with one attached hydrogen (secondary N) is 1. The van der Waals surface area contributed by atoms with Gasteiger partial charge >= 0.3 is 0 Å². The van der Waals surface area contributed by atoms with Crippen LogP contribution in [-0.4, -0.2) is 7.11 Å². The van der Waals surface area contributed by atoms with Crippen LogP contribution in [0, 0.1) is 17.1 Å². The lowest BCUT2D eigenvalue weighted by atomic mass is 10.3. The van der Waals surface area contributed by atoms with Crippen LogP contribution < -0.4 is 10.1 Å². The van der Waals surface area contributed by atoms with Crippen molar-refractivity contribution in [2.24, 2.45) is 0 Å². The third kappa shape index (κ3) is 2.61. The first-order valence-corrected chi connectivity index (χ1v) is 5.29. The van der Waals surface area contributed by atoms with Gasteiger partial charge in [-0.15, -0.1) is 0 Å². The average molecular weight is 246 g/mol. The van der Waals surface area contributed by atoms with Gasteiger partial charge in [-0.1, -0.05) is 0 Å². The van der Waals surface area contributed by atoms with Gasteiger partial charge < -0.3 is 14.5 Å². The van der Waals surface area contributed by atoms with Gasteiger partial charge in [-0.05, 0) is 24.3 Å². The molecule has 2 aromatic rings. The molecule has 0 atom stereocenters. The fourth-order valence-corrected chi connectivity index (χ4v) is 1.49. The Morgan fingerprint density at radius 2 is 2.22 bits per heavy atom. The summed E-state index contributed by atoms with van der Waals surface area (Å²) >= 11 is 0. The molecule has 0 aliphatic heterocycles. The molecule has 0 aliphatic carbocycles. The summed E-state index contributed by atoms with van der Waals surface area (Å²) in [6.45, 7) is 0.413. The molecule has 0 spiro atoms. The molecule has 2 rings (SSSR count). The third-order valence-electron chi connectivity index (χ3n) is 2.39. The lowest BCUT2D eigenvalue weighted by molar-refractivity contribution is 0.387. The van der Waals surface area contributed by atoms with Crippen molar-refractivity contribution in [2.75, 3.05) is 12.4 Å².